The predicted molar refractivity (Wildman–Crippen MR) is 217 cm³/mol. The van der Waals surface area contributed by atoms with E-state index in [1.807, 2.05) is 66.9 Å². The molecule has 2 heterocycles. The zero-order chi connectivity index (χ0) is 39.0. The van der Waals surface area contributed by atoms with Crippen LogP contribution in [-0.4, -0.2) is 92.9 Å². The minimum Gasteiger partial charge on any atom is -0.508 e. The monoisotopic (exact) mass is 788 g/mol. The molecule has 0 radical (unpaired) electrons. The molecule has 15 heteroatoms. The molecule has 53 heavy (non-hydrogen) atoms. The van der Waals surface area contributed by atoms with Gasteiger partial charge in [-0.2, -0.15) is 8.42 Å². The maximum absolute atomic E-state index is 10.2. The van der Waals surface area contributed by atoms with Gasteiger partial charge in [0.1, 0.15) is 5.75 Å². The number of benzene rings is 3. The normalized spacial score (nSPS) is 11.9. The lowest BCUT2D eigenvalue weighted by atomic mass is 10.1. The van der Waals surface area contributed by atoms with Gasteiger partial charge in [-0.15, -0.1) is 0 Å². The van der Waals surface area contributed by atoms with E-state index in [1.54, 1.807) is 12.3 Å². The minimum absolute atomic E-state index is 0.229. The summed E-state index contributed by atoms with van der Waals surface area (Å²) in [6.07, 6.45) is 5.77. The van der Waals surface area contributed by atoms with Crippen LogP contribution in [0.4, 0.5) is 17.1 Å². The average Bonchev–Trinajstić information content (AvgIpc) is 3.11. The summed E-state index contributed by atoms with van der Waals surface area (Å²) < 4.78 is 31.6. The Hall–Kier alpha value is -3.79. The first kappa shape index (κ1) is 43.6. The molecule has 0 saturated heterocycles. The second-order valence-electron chi connectivity index (χ2n) is 12.3. The van der Waals surface area contributed by atoms with Crippen molar-refractivity contribution < 1.29 is 27.7 Å². The second kappa shape index (κ2) is 21.8. The quantitative estimate of drug-likeness (QED) is 0.0444. The van der Waals surface area contributed by atoms with Gasteiger partial charge in [-0.3, -0.25) is 24.0 Å². The third kappa shape index (κ3) is 15.2. The van der Waals surface area contributed by atoms with Gasteiger partial charge in [0.2, 0.25) is 0 Å². The van der Waals surface area contributed by atoms with Gasteiger partial charge in [-0.05, 0) is 113 Å². The number of halogens is 2. The Balaban J connectivity index is 0.000000254. The zero-order valence-corrected chi connectivity index (χ0v) is 32.8. The molecule has 1 unspecified atom stereocenters. The summed E-state index contributed by atoms with van der Waals surface area (Å²) in [6, 6.07) is 21.4. The lowest BCUT2D eigenvalue weighted by Crippen LogP contribution is -2.28. The lowest BCUT2D eigenvalue weighted by molar-refractivity contribution is 0.199. The van der Waals surface area contributed by atoms with Crippen LogP contribution in [0.2, 0.25) is 10.0 Å². The molecule has 0 bridgehead atoms. The summed E-state index contributed by atoms with van der Waals surface area (Å²) >= 11 is 12.1. The van der Waals surface area contributed by atoms with Crippen molar-refractivity contribution in [2.24, 2.45) is 0 Å². The maximum atomic E-state index is 10.2. The van der Waals surface area contributed by atoms with Gasteiger partial charge in [0.15, 0.2) is 0 Å². The molecule has 3 aromatic carbocycles. The molecular formula is C38H50Cl2N6O6S. The number of aromatic hydroxyl groups is 1. The van der Waals surface area contributed by atoms with Gasteiger partial charge >= 0.3 is 10.4 Å². The fourth-order valence-corrected chi connectivity index (χ4v) is 5.97. The first-order chi connectivity index (χ1) is 25.2. The summed E-state index contributed by atoms with van der Waals surface area (Å²) in [7, 11) is -4.67. The van der Waals surface area contributed by atoms with Gasteiger partial charge in [0.25, 0.3) is 0 Å². The van der Waals surface area contributed by atoms with E-state index in [9.17, 15) is 5.11 Å². The number of nitrogens with one attached hydrogen (secondary N) is 2. The molecule has 1 atom stereocenters. The van der Waals surface area contributed by atoms with Crippen molar-refractivity contribution >= 4 is 72.5 Å². The topological polar surface area (TPSA) is 171 Å². The Kier molecular flexibility index (Phi) is 17.9. The molecule has 12 nitrogen and oxygen atoms in total. The highest BCUT2D eigenvalue weighted by atomic mass is 35.5. The molecular weight excluding hydrogens is 739 g/mol. The van der Waals surface area contributed by atoms with Crippen LogP contribution in [0.3, 0.4) is 0 Å². The van der Waals surface area contributed by atoms with Crippen molar-refractivity contribution in [1.82, 2.24) is 19.8 Å². The highest BCUT2D eigenvalue weighted by Crippen LogP contribution is 2.30. The number of phenolic OH excluding ortho intramolecular Hbond substituents is 1. The number of aliphatic hydroxyl groups excluding tert-OH is 1. The highest BCUT2D eigenvalue weighted by Gasteiger charge is 2.10. The fraction of sp³-hybridized carbons (Fsp3) is 0.368. The predicted octanol–water partition coefficient (Wildman–Crippen LogP) is 8.31. The molecule has 0 aliphatic heterocycles. The van der Waals surface area contributed by atoms with Crippen LogP contribution in [-0.2, 0) is 16.9 Å². The van der Waals surface area contributed by atoms with Crippen molar-refractivity contribution in [1.29, 1.82) is 0 Å². The summed E-state index contributed by atoms with van der Waals surface area (Å²) in [5.74, 6) is 0.323. The van der Waals surface area contributed by atoms with E-state index in [0.29, 0.717) is 21.8 Å². The van der Waals surface area contributed by atoms with Crippen molar-refractivity contribution in [3.8, 4) is 5.75 Å². The van der Waals surface area contributed by atoms with E-state index in [-0.39, 0.29) is 6.61 Å². The molecule has 0 aliphatic rings. The summed E-state index contributed by atoms with van der Waals surface area (Å²) in [5.41, 5.74) is 5.66. The third-order valence-corrected chi connectivity index (χ3v) is 8.90. The number of aliphatic hydroxyl groups is 1. The number of phenols is 1. The van der Waals surface area contributed by atoms with Crippen LogP contribution >= 0.6 is 23.2 Å². The summed E-state index contributed by atoms with van der Waals surface area (Å²) in [6.45, 7) is 14.2. The number of fused-ring (bicyclic) bond motifs is 2. The zero-order valence-electron chi connectivity index (χ0n) is 30.5. The SMILES string of the molecule is CCN(CC)Cc1cc(Nc2ccnc3cc(Cl)ccc23)ccc1O.CCN(CCO)CCCC(C)Nc1ccnc2cc(Cl)ccc12.O=S(=O)(O)O. The third-order valence-electron chi connectivity index (χ3n) is 8.43. The minimum atomic E-state index is -4.67. The maximum Gasteiger partial charge on any atom is 0.394 e. The lowest BCUT2D eigenvalue weighted by Gasteiger charge is -2.21. The summed E-state index contributed by atoms with van der Waals surface area (Å²) in [4.78, 5) is 13.3. The number of aromatic nitrogens is 2. The van der Waals surface area contributed by atoms with E-state index in [1.165, 1.54) is 0 Å². The Bertz CT molecular complexity index is 1990. The van der Waals surface area contributed by atoms with Crippen LogP contribution in [0, 0.1) is 0 Å². The van der Waals surface area contributed by atoms with E-state index >= 15 is 0 Å². The van der Waals surface area contributed by atoms with Crippen LogP contribution in [0.1, 0.15) is 46.1 Å². The Morgan fingerprint density at radius 3 is 1.87 bits per heavy atom. The molecule has 288 valence electrons. The second-order valence-corrected chi connectivity index (χ2v) is 14.0. The Morgan fingerprint density at radius 1 is 0.774 bits per heavy atom. The molecule has 0 saturated carbocycles. The van der Waals surface area contributed by atoms with Gasteiger partial charge < -0.3 is 25.7 Å². The number of nitrogens with zero attached hydrogens (tertiary/aromatic N) is 4. The Labute approximate surface area is 322 Å². The molecule has 0 fully saturated rings. The van der Waals surface area contributed by atoms with Crippen LogP contribution in [0.5, 0.6) is 5.75 Å². The van der Waals surface area contributed by atoms with E-state index in [0.717, 1.165) is 96.5 Å². The Morgan fingerprint density at radius 2 is 1.32 bits per heavy atom. The molecule has 6 N–H and O–H groups in total. The summed E-state index contributed by atoms with van der Waals surface area (Å²) in [5, 5.41) is 29.7. The largest absolute Gasteiger partial charge is 0.508 e. The molecule has 0 aliphatic carbocycles. The average molecular weight is 790 g/mol. The number of hydrogen-bond acceptors (Lipinski definition) is 10. The molecule has 5 aromatic rings. The number of pyridine rings is 2. The molecule has 2 aromatic heterocycles. The fourth-order valence-electron chi connectivity index (χ4n) is 5.64. The molecule has 5 rings (SSSR count). The molecule has 0 amide bonds. The first-order valence-electron chi connectivity index (χ1n) is 17.4. The highest BCUT2D eigenvalue weighted by molar-refractivity contribution is 7.79. The van der Waals surface area contributed by atoms with E-state index < -0.39 is 10.4 Å². The number of likely N-dealkylation sites (N-methyl/N-ethyl adjacent to an activating group) is 1. The van der Waals surface area contributed by atoms with Crippen LogP contribution in [0.15, 0.2) is 79.1 Å². The van der Waals surface area contributed by atoms with Crippen LogP contribution < -0.4 is 10.6 Å². The van der Waals surface area contributed by atoms with Gasteiger partial charge in [0, 0.05) is 75.0 Å². The standard InChI is InChI=1S/C20H22ClN3O.C18H26ClN3O.H2O4S/c1-3-24(4-2)13-14-11-16(6-8-20(14)25)23-18-9-10-22-19-12-15(21)5-7-17(18)19;1-3-22(11-12-23)10-4-5-14(2)21-17-8-9-20-18-13-15(19)6-7-16(17)18;1-5(2,3)4/h5-12,25H,3-4,13H2,1-2H3,(H,22,23);6-9,13-14,23H,3-5,10-12H2,1-2H3,(H,20,21);(H2,1,2,3,4). The van der Waals surface area contributed by atoms with Gasteiger partial charge in [0.05, 0.1) is 17.6 Å². The van der Waals surface area contributed by atoms with Gasteiger partial charge in [-0.1, -0.05) is 44.0 Å². The van der Waals surface area contributed by atoms with E-state index in [2.05, 4.69) is 58.1 Å². The van der Waals surface area contributed by atoms with Gasteiger partial charge in [-0.25, -0.2) is 0 Å². The van der Waals surface area contributed by atoms with Crippen molar-refractivity contribution in [2.45, 2.75) is 53.1 Å². The van der Waals surface area contributed by atoms with Crippen molar-refractivity contribution in [3.05, 3.63) is 94.7 Å². The number of anilines is 3. The molecule has 0 spiro atoms. The number of rotatable bonds is 15. The van der Waals surface area contributed by atoms with E-state index in [4.69, 9.17) is 45.8 Å². The van der Waals surface area contributed by atoms with Crippen LogP contribution in [0.25, 0.3) is 21.8 Å². The smallest absolute Gasteiger partial charge is 0.394 e. The first-order valence-corrected chi connectivity index (χ1v) is 19.6. The number of hydrogen-bond donors (Lipinski definition) is 6. The van der Waals surface area contributed by atoms with Crippen molar-refractivity contribution in [2.75, 3.05) is 50.0 Å². The van der Waals surface area contributed by atoms with Crippen molar-refractivity contribution in [3.63, 3.8) is 0 Å².